The zero-order valence-electron chi connectivity index (χ0n) is 7.39. The Bertz CT molecular complexity index is 196. The van der Waals surface area contributed by atoms with E-state index in [1.165, 1.54) is 0 Å². The summed E-state index contributed by atoms with van der Waals surface area (Å²) >= 11 is 0. The minimum absolute atomic E-state index is 0.190. The molecule has 1 amide bonds. The second-order valence-corrected chi connectivity index (χ2v) is 3.74. The lowest BCUT2D eigenvalue weighted by molar-refractivity contribution is -0.125. The van der Waals surface area contributed by atoms with Crippen LogP contribution in [0.25, 0.3) is 0 Å². The van der Waals surface area contributed by atoms with Crippen LogP contribution < -0.4 is 10.6 Å². The standard InChI is InChI=1S/C8H15N3O/c1-11-4-2-8(3-5-11)7(12)9-6-10-8/h10H,2-6H2,1H3,(H,9,12). The maximum absolute atomic E-state index is 11.5. The van der Waals surface area contributed by atoms with Gasteiger partial charge in [0.1, 0.15) is 5.54 Å². The molecule has 0 unspecified atom stereocenters. The second kappa shape index (κ2) is 2.71. The summed E-state index contributed by atoms with van der Waals surface area (Å²) in [7, 11) is 2.10. The largest absolute Gasteiger partial charge is 0.342 e. The fourth-order valence-electron chi connectivity index (χ4n) is 1.95. The van der Waals surface area contributed by atoms with E-state index < -0.39 is 0 Å². The Morgan fingerprint density at radius 2 is 2.08 bits per heavy atom. The third-order valence-electron chi connectivity index (χ3n) is 2.95. The topological polar surface area (TPSA) is 44.4 Å². The van der Waals surface area contributed by atoms with Crippen molar-refractivity contribution in [2.24, 2.45) is 0 Å². The van der Waals surface area contributed by atoms with Crippen molar-refractivity contribution in [3.05, 3.63) is 0 Å². The number of rotatable bonds is 0. The highest BCUT2D eigenvalue weighted by Gasteiger charge is 2.43. The van der Waals surface area contributed by atoms with Gasteiger partial charge in [-0.15, -0.1) is 0 Å². The van der Waals surface area contributed by atoms with Gasteiger partial charge in [-0.25, -0.2) is 0 Å². The first kappa shape index (κ1) is 8.01. The third-order valence-corrected chi connectivity index (χ3v) is 2.95. The van der Waals surface area contributed by atoms with Gasteiger partial charge in [-0.2, -0.15) is 0 Å². The zero-order chi connectivity index (χ0) is 8.60. The molecule has 0 aliphatic carbocycles. The lowest BCUT2D eigenvalue weighted by Gasteiger charge is -2.35. The number of hydrogen-bond donors (Lipinski definition) is 2. The van der Waals surface area contributed by atoms with Crippen molar-refractivity contribution in [2.75, 3.05) is 26.8 Å². The summed E-state index contributed by atoms with van der Waals surface area (Å²) < 4.78 is 0. The molecule has 0 aromatic carbocycles. The Kier molecular flexibility index (Phi) is 1.81. The van der Waals surface area contributed by atoms with E-state index in [0.717, 1.165) is 25.9 Å². The van der Waals surface area contributed by atoms with Gasteiger partial charge in [0.2, 0.25) is 5.91 Å². The molecule has 2 saturated heterocycles. The fraction of sp³-hybridized carbons (Fsp3) is 0.875. The van der Waals surface area contributed by atoms with Crippen LogP contribution in [-0.4, -0.2) is 43.2 Å². The number of piperidine rings is 1. The first-order valence-electron chi connectivity index (χ1n) is 4.45. The number of carbonyl (C=O) groups excluding carboxylic acids is 1. The van der Waals surface area contributed by atoms with Crippen LogP contribution in [0.2, 0.25) is 0 Å². The molecule has 4 nitrogen and oxygen atoms in total. The number of nitrogens with one attached hydrogen (secondary N) is 2. The molecule has 68 valence electrons. The van der Waals surface area contributed by atoms with E-state index in [1.807, 2.05) is 0 Å². The Hall–Kier alpha value is -0.610. The van der Waals surface area contributed by atoms with Crippen molar-refractivity contribution in [2.45, 2.75) is 18.4 Å². The van der Waals surface area contributed by atoms with Crippen LogP contribution in [0.3, 0.4) is 0 Å². The summed E-state index contributed by atoms with van der Waals surface area (Å²) in [4.78, 5) is 13.7. The van der Waals surface area contributed by atoms with Crippen LogP contribution in [0.1, 0.15) is 12.8 Å². The molecule has 12 heavy (non-hydrogen) atoms. The minimum atomic E-state index is -0.230. The van der Waals surface area contributed by atoms with E-state index in [4.69, 9.17) is 0 Å². The first-order chi connectivity index (χ1) is 5.73. The Balaban J connectivity index is 2.07. The van der Waals surface area contributed by atoms with Crippen LogP contribution in [-0.2, 0) is 4.79 Å². The molecule has 0 saturated carbocycles. The summed E-state index contributed by atoms with van der Waals surface area (Å²) in [5.74, 6) is 0.190. The molecule has 2 heterocycles. The van der Waals surface area contributed by atoms with Crippen molar-refractivity contribution in [3.8, 4) is 0 Å². The van der Waals surface area contributed by atoms with Gasteiger partial charge in [0.15, 0.2) is 0 Å². The molecule has 0 atom stereocenters. The lowest BCUT2D eigenvalue weighted by atomic mass is 9.88. The quantitative estimate of drug-likeness (QED) is 0.495. The maximum Gasteiger partial charge on any atom is 0.241 e. The van der Waals surface area contributed by atoms with E-state index in [9.17, 15) is 4.79 Å². The van der Waals surface area contributed by atoms with E-state index >= 15 is 0 Å². The smallest absolute Gasteiger partial charge is 0.241 e. The monoisotopic (exact) mass is 169 g/mol. The summed E-state index contributed by atoms with van der Waals surface area (Å²) in [5, 5.41) is 6.08. The Morgan fingerprint density at radius 1 is 1.42 bits per heavy atom. The zero-order valence-corrected chi connectivity index (χ0v) is 7.39. The van der Waals surface area contributed by atoms with E-state index in [1.54, 1.807) is 0 Å². The van der Waals surface area contributed by atoms with Crippen LogP contribution in [0.5, 0.6) is 0 Å². The van der Waals surface area contributed by atoms with Gasteiger partial charge >= 0.3 is 0 Å². The van der Waals surface area contributed by atoms with Crippen molar-refractivity contribution in [1.29, 1.82) is 0 Å². The molecule has 0 bridgehead atoms. The van der Waals surface area contributed by atoms with E-state index in [-0.39, 0.29) is 11.4 Å². The van der Waals surface area contributed by atoms with Gasteiger partial charge in [-0.05, 0) is 19.9 Å². The molecule has 1 spiro atoms. The summed E-state index contributed by atoms with van der Waals surface area (Å²) in [6, 6.07) is 0. The highest BCUT2D eigenvalue weighted by Crippen LogP contribution is 2.23. The van der Waals surface area contributed by atoms with Gasteiger partial charge in [-0.3, -0.25) is 10.1 Å². The Morgan fingerprint density at radius 3 is 2.58 bits per heavy atom. The average Bonchev–Trinajstić information content (AvgIpc) is 2.41. The van der Waals surface area contributed by atoms with Gasteiger partial charge in [0.25, 0.3) is 0 Å². The summed E-state index contributed by atoms with van der Waals surface area (Å²) in [6.45, 7) is 2.67. The average molecular weight is 169 g/mol. The van der Waals surface area contributed by atoms with Crippen molar-refractivity contribution in [3.63, 3.8) is 0 Å². The first-order valence-corrected chi connectivity index (χ1v) is 4.45. The molecule has 2 rings (SSSR count). The molecule has 2 aliphatic heterocycles. The molecule has 0 radical (unpaired) electrons. The van der Waals surface area contributed by atoms with Gasteiger partial charge < -0.3 is 10.2 Å². The SMILES string of the molecule is CN1CCC2(CC1)NCNC2=O. The minimum Gasteiger partial charge on any atom is -0.342 e. The lowest BCUT2D eigenvalue weighted by Crippen LogP contribution is -2.53. The molecule has 4 heteroatoms. The maximum atomic E-state index is 11.5. The van der Waals surface area contributed by atoms with Gasteiger partial charge in [0.05, 0.1) is 6.67 Å². The number of hydrogen-bond acceptors (Lipinski definition) is 3. The molecule has 2 aliphatic rings. The molecule has 2 fully saturated rings. The summed E-state index contributed by atoms with van der Waals surface area (Å²) in [6.07, 6.45) is 1.88. The predicted octanol–water partition coefficient (Wildman–Crippen LogP) is -0.872. The molecule has 0 aromatic rings. The number of amides is 1. The molecular weight excluding hydrogens is 154 g/mol. The summed E-state index contributed by atoms with van der Waals surface area (Å²) in [5.41, 5.74) is -0.230. The molecule has 0 aromatic heterocycles. The number of likely N-dealkylation sites (tertiary alicyclic amines) is 1. The predicted molar refractivity (Wildman–Crippen MR) is 45.6 cm³/mol. The van der Waals surface area contributed by atoms with Crippen LogP contribution >= 0.6 is 0 Å². The van der Waals surface area contributed by atoms with Crippen molar-refractivity contribution < 1.29 is 4.79 Å². The van der Waals surface area contributed by atoms with Gasteiger partial charge in [-0.1, -0.05) is 0 Å². The van der Waals surface area contributed by atoms with Crippen molar-refractivity contribution in [1.82, 2.24) is 15.5 Å². The van der Waals surface area contributed by atoms with E-state index in [2.05, 4.69) is 22.6 Å². The van der Waals surface area contributed by atoms with Gasteiger partial charge in [0, 0.05) is 13.1 Å². The number of carbonyl (C=O) groups is 1. The highest BCUT2D eigenvalue weighted by molar-refractivity contribution is 5.88. The fourth-order valence-corrected chi connectivity index (χ4v) is 1.95. The normalized spacial score (nSPS) is 29.2. The third kappa shape index (κ3) is 1.11. The highest BCUT2D eigenvalue weighted by atomic mass is 16.2. The van der Waals surface area contributed by atoms with E-state index in [0.29, 0.717) is 6.67 Å². The molecular formula is C8H15N3O. The second-order valence-electron chi connectivity index (χ2n) is 3.74. The van der Waals surface area contributed by atoms with Crippen molar-refractivity contribution >= 4 is 5.91 Å². The number of nitrogens with zero attached hydrogens (tertiary/aromatic N) is 1. The van der Waals surface area contributed by atoms with Crippen LogP contribution in [0.15, 0.2) is 0 Å². The van der Waals surface area contributed by atoms with Crippen LogP contribution in [0, 0.1) is 0 Å². The molecule has 2 N–H and O–H groups in total. The van der Waals surface area contributed by atoms with Crippen LogP contribution in [0.4, 0.5) is 0 Å². The Labute approximate surface area is 72.3 Å².